The van der Waals surface area contributed by atoms with Gasteiger partial charge in [-0.2, -0.15) is 9.40 Å². The molecule has 1 aliphatic rings. The SMILES string of the molecule is O=C(Nc1n[nH]c2c1CN(S(=O)(=O)Cc1ccccc1)CC2)c1ccc(Oc2ccccc2)cc1. The van der Waals surface area contributed by atoms with Crippen LogP contribution in [-0.2, 0) is 28.7 Å². The Labute approximate surface area is 203 Å². The van der Waals surface area contributed by atoms with Crippen LogP contribution in [0.4, 0.5) is 5.82 Å². The minimum Gasteiger partial charge on any atom is -0.457 e. The first-order chi connectivity index (χ1) is 17.0. The Hall–Kier alpha value is -3.95. The number of benzene rings is 3. The first-order valence-electron chi connectivity index (χ1n) is 11.2. The van der Waals surface area contributed by atoms with Crippen molar-refractivity contribution in [2.75, 3.05) is 11.9 Å². The monoisotopic (exact) mass is 488 g/mol. The van der Waals surface area contributed by atoms with Crippen LogP contribution in [0.1, 0.15) is 27.2 Å². The van der Waals surface area contributed by atoms with Gasteiger partial charge in [-0.15, -0.1) is 0 Å². The van der Waals surface area contributed by atoms with Gasteiger partial charge in [0.1, 0.15) is 11.5 Å². The van der Waals surface area contributed by atoms with Crippen molar-refractivity contribution in [3.63, 3.8) is 0 Å². The molecule has 0 bridgehead atoms. The second kappa shape index (κ2) is 9.73. The minimum atomic E-state index is -3.52. The van der Waals surface area contributed by atoms with E-state index in [0.29, 0.717) is 41.4 Å². The van der Waals surface area contributed by atoms with Crippen LogP contribution >= 0.6 is 0 Å². The standard InChI is InChI=1S/C26H24N4O4S/c31-26(20-11-13-22(14-12-20)34-21-9-5-2-6-10-21)27-25-23-17-30(16-15-24(23)28-29-25)35(32,33)18-19-7-3-1-4-8-19/h1-14H,15-18H2,(H2,27,28,29,31). The lowest BCUT2D eigenvalue weighted by molar-refractivity contribution is 0.102. The smallest absolute Gasteiger partial charge is 0.256 e. The number of aromatic amines is 1. The number of anilines is 1. The van der Waals surface area contributed by atoms with Gasteiger partial charge in [0.25, 0.3) is 5.91 Å². The molecule has 0 radical (unpaired) electrons. The van der Waals surface area contributed by atoms with Crippen LogP contribution < -0.4 is 10.1 Å². The molecule has 1 aliphatic heterocycles. The lowest BCUT2D eigenvalue weighted by atomic mass is 10.1. The van der Waals surface area contributed by atoms with Crippen molar-refractivity contribution < 1.29 is 17.9 Å². The van der Waals surface area contributed by atoms with Crippen molar-refractivity contribution >= 4 is 21.7 Å². The molecule has 0 unspecified atom stereocenters. The number of carbonyl (C=O) groups is 1. The van der Waals surface area contributed by atoms with Gasteiger partial charge in [0.15, 0.2) is 5.82 Å². The zero-order valence-electron chi connectivity index (χ0n) is 18.8. The van der Waals surface area contributed by atoms with Crippen LogP contribution in [0.15, 0.2) is 84.9 Å². The molecule has 1 aromatic heterocycles. The zero-order chi connectivity index (χ0) is 24.3. The Morgan fingerprint density at radius 2 is 1.60 bits per heavy atom. The summed E-state index contributed by atoms with van der Waals surface area (Å²) >= 11 is 0. The molecule has 0 fully saturated rings. The van der Waals surface area contributed by atoms with Crippen LogP contribution in [-0.4, -0.2) is 35.4 Å². The van der Waals surface area contributed by atoms with Crippen molar-refractivity contribution in [1.29, 1.82) is 0 Å². The molecule has 35 heavy (non-hydrogen) atoms. The van der Waals surface area contributed by atoms with E-state index in [0.717, 1.165) is 11.3 Å². The number of para-hydroxylation sites is 1. The molecule has 8 nitrogen and oxygen atoms in total. The van der Waals surface area contributed by atoms with E-state index in [1.165, 1.54) is 4.31 Å². The van der Waals surface area contributed by atoms with Gasteiger partial charge in [-0.05, 0) is 42.0 Å². The Bertz CT molecular complexity index is 1420. The molecule has 0 saturated carbocycles. The summed E-state index contributed by atoms with van der Waals surface area (Å²) in [6, 6.07) is 25.3. The molecule has 9 heteroatoms. The molecule has 1 amide bonds. The molecule has 0 saturated heterocycles. The normalized spacial score (nSPS) is 13.7. The van der Waals surface area contributed by atoms with Gasteiger partial charge in [-0.3, -0.25) is 9.89 Å². The molecule has 2 N–H and O–H groups in total. The van der Waals surface area contributed by atoms with Crippen molar-refractivity contribution in [3.05, 3.63) is 107 Å². The van der Waals surface area contributed by atoms with E-state index in [9.17, 15) is 13.2 Å². The number of ether oxygens (including phenoxy) is 1. The molecule has 3 aromatic carbocycles. The summed E-state index contributed by atoms with van der Waals surface area (Å²) in [6.45, 7) is 0.515. The predicted octanol–water partition coefficient (Wildman–Crippen LogP) is 4.34. The number of nitrogens with zero attached hydrogens (tertiary/aromatic N) is 2. The fourth-order valence-corrected chi connectivity index (χ4v) is 5.46. The fourth-order valence-electron chi connectivity index (χ4n) is 3.97. The third kappa shape index (κ3) is 5.26. The third-order valence-corrected chi connectivity index (χ3v) is 7.61. The van der Waals surface area contributed by atoms with Gasteiger partial charge in [0.2, 0.25) is 10.0 Å². The molecular formula is C26H24N4O4S. The second-order valence-corrected chi connectivity index (χ2v) is 10.2. The fraction of sp³-hybridized carbons (Fsp3) is 0.154. The number of nitrogens with one attached hydrogen (secondary N) is 2. The highest BCUT2D eigenvalue weighted by Crippen LogP contribution is 2.27. The summed E-state index contributed by atoms with van der Waals surface area (Å²) < 4.78 is 33.2. The summed E-state index contributed by atoms with van der Waals surface area (Å²) in [5.74, 6) is 1.26. The van der Waals surface area contributed by atoms with E-state index in [-0.39, 0.29) is 18.2 Å². The third-order valence-electron chi connectivity index (χ3n) is 5.81. The van der Waals surface area contributed by atoms with Gasteiger partial charge in [0, 0.05) is 36.3 Å². The Balaban J connectivity index is 1.26. The first-order valence-corrected chi connectivity index (χ1v) is 12.8. The van der Waals surface area contributed by atoms with Gasteiger partial charge in [-0.25, -0.2) is 8.42 Å². The van der Waals surface area contributed by atoms with E-state index >= 15 is 0 Å². The Morgan fingerprint density at radius 3 is 2.31 bits per heavy atom. The lowest BCUT2D eigenvalue weighted by Gasteiger charge is -2.26. The average Bonchev–Trinajstić information content (AvgIpc) is 3.27. The van der Waals surface area contributed by atoms with Crippen LogP contribution in [0.25, 0.3) is 0 Å². The van der Waals surface area contributed by atoms with Gasteiger partial charge >= 0.3 is 0 Å². The topological polar surface area (TPSA) is 104 Å². The highest BCUT2D eigenvalue weighted by molar-refractivity contribution is 7.88. The van der Waals surface area contributed by atoms with Crippen LogP contribution in [0.5, 0.6) is 11.5 Å². The summed E-state index contributed by atoms with van der Waals surface area (Å²) in [5, 5.41) is 9.98. The summed E-state index contributed by atoms with van der Waals surface area (Å²) in [5.41, 5.74) is 2.69. The van der Waals surface area contributed by atoms with E-state index in [4.69, 9.17) is 4.74 Å². The Morgan fingerprint density at radius 1 is 0.943 bits per heavy atom. The van der Waals surface area contributed by atoms with E-state index in [1.807, 2.05) is 48.5 Å². The highest BCUT2D eigenvalue weighted by Gasteiger charge is 2.30. The molecular weight excluding hydrogens is 464 g/mol. The number of sulfonamides is 1. The van der Waals surface area contributed by atoms with Crippen molar-refractivity contribution in [2.45, 2.75) is 18.7 Å². The maximum absolute atomic E-state index is 13.0. The van der Waals surface area contributed by atoms with E-state index in [1.54, 1.807) is 36.4 Å². The minimum absolute atomic E-state index is 0.0693. The van der Waals surface area contributed by atoms with Crippen molar-refractivity contribution in [3.8, 4) is 11.5 Å². The number of aromatic nitrogens is 2. The summed E-state index contributed by atoms with van der Waals surface area (Å²) in [6.07, 6.45) is 0.498. The molecule has 0 atom stereocenters. The van der Waals surface area contributed by atoms with Crippen molar-refractivity contribution in [2.24, 2.45) is 0 Å². The molecule has 2 heterocycles. The quantitative estimate of drug-likeness (QED) is 0.403. The van der Waals surface area contributed by atoms with Gasteiger partial charge < -0.3 is 10.1 Å². The molecule has 4 aromatic rings. The number of carbonyl (C=O) groups excluding carboxylic acids is 1. The van der Waals surface area contributed by atoms with Crippen LogP contribution in [0.3, 0.4) is 0 Å². The number of hydrogen-bond donors (Lipinski definition) is 2. The Kier molecular flexibility index (Phi) is 6.35. The number of fused-ring (bicyclic) bond motifs is 1. The number of rotatable bonds is 7. The van der Waals surface area contributed by atoms with Gasteiger partial charge in [0.05, 0.1) is 5.75 Å². The van der Waals surface area contributed by atoms with Crippen LogP contribution in [0.2, 0.25) is 0 Å². The molecule has 0 aliphatic carbocycles. The number of amides is 1. The zero-order valence-corrected chi connectivity index (χ0v) is 19.7. The van der Waals surface area contributed by atoms with E-state index in [2.05, 4.69) is 15.5 Å². The maximum Gasteiger partial charge on any atom is 0.256 e. The second-order valence-electron chi connectivity index (χ2n) is 8.25. The average molecular weight is 489 g/mol. The number of hydrogen-bond acceptors (Lipinski definition) is 5. The first kappa shape index (κ1) is 22.8. The van der Waals surface area contributed by atoms with Crippen LogP contribution in [0, 0.1) is 0 Å². The molecule has 178 valence electrons. The lowest BCUT2D eigenvalue weighted by Crippen LogP contribution is -2.36. The van der Waals surface area contributed by atoms with Gasteiger partial charge in [-0.1, -0.05) is 48.5 Å². The van der Waals surface area contributed by atoms with Crippen molar-refractivity contribution in [1.82, 2.24) is 14.5 Å². The highest BCUT2D eigenvalue weighted by atomic mass is 32.2. The summed E-state index contributed by atoms with van der Waals surface area (Å²) in [4.78, 5) is 12.8. The predicted molar refractivity (Wildman–Crippen MR) is 133 cm³/mol. The maximum atomic E-state index is 13.0. The number of H-pyrrole nitrogens is 1. The largest absolute Gasteiger partial charge is 0.457 e. The molecule has 0 spiro atoms. The molecule has 5 rings (SSSR count). The van der Waals surface area contributed by atoms with E-state index < -0.39 is 10.0 Å². The summed E-state index contributed by atoms with van der Waals surface area (Å²) in [7, 11) is -3.52.